The van der Waals surface area contributed by atoms with Crippen molar-refractivity contribution in [1.82, 2.24) is 0 Å². The summed E-state index contributed by atoms with van der Waals surface area (Å²) in [5.74, 6) is 2.92. The van der Waals surface area contributed by atoms with E-state index in [9.17, 15) is 0 Å². The summed E-state index contributed by atoms with van der Waals surface area (Å²) in [5, 5.41) is 0. The standard InChI is InChI=1S/C8H12/c1-6-4-7-2-3-8(6)5-7/h2-3,6-8H,4-5H2,1H3/t6-,7+,8+/m0/s1. The fourth-order valence-corrected chi connectivity index (χ4v) is 2.06. The second-order valence-corrected chi connectivity index (χ2v) is 3.26. The summed E-state index contributed by atoms with van der Waals surface area (Å²) in [6.45, 7) is 2.37. The Morgan fingerprint density at radius 1 is 1.25 bits per heavy atom. The zero-order valence-electron chi connectivity index (χ0n) is 5.30. The lowest BCUT2D eigenvalue weighted by Gasteiger charge is -2.09. The summed E-state index contributed by atoms with van der Waals surface area (Å²) in [6, 6.07) is 0. The maximum atomic E-state index is 2.40. The number of rotatable bonds is 0. The van der Waals surface area contributed by atoms with Crippen LogP contribution in [-0.2, 0) is 0 Å². The molecule has 0 saturated heterocycles. The van der Waals surface area contributed by atoms with Gasteiger partial charge in [0.05, 0.1) is 0 Å². The molecular weight excluding hydrogens is 96.1 g/mol. The van der Waals surface area contributed by atoms with E-state index in [0.29, 0.717) is 0 Å². The third-order valence-corrected chi connectivity index (χ3v) is 2.61. The molecule has 0 nitrogen and oxygen atoms in total. The second kappa shape index (κ2) is 1.37. The lowest BCUT2D eigenvalue weighted by Crippen LogP contribution is -1.99. The quantitative estimate of drug-likeness (QED) is 0.417. The minimum atomic E-state index is 0.958. The largest absolute Gasteiger partial charge is 0.0851 e. The second-order valence-electron chi connectivity index (χ2n) is 3.26. The lowest BCUT2D eigenvalue weighted by molar-refractivity contribution is 0.493. The molecular formula is C8H12. The molecule has 0 amide bonds. The van der Waals surface area contributed by atoms with E-state index < -0.39 is 0 Å². The molecule has 2 aliphatic rings. The first kappa shape index (κ1) is 4.60. The van der Waals surface area contributed by atoms with Crippen molar-refractivity contribution in [3.05, 3.63) is 12.2 Å². The average molecular weight is 108 g/mol. The van der Waals surface area contributed by atoms with Crippen LogP contribution in [0.25, 0.3) is 0 Å². The van der Waals surface area contributed by atoms with Gasteiger partial charge in [0, 0.05) is 0 Å². The van der Waals surface area contributed by atoms with Gasteiger partial charge < -0.3 is 0 Å². The van der Waals surface area contributed by atoms with Crippen LogP contribution in [0.1, 0.15) is 19.8 Å². The molecule has 0 heterocycles. The van der Waals surface area contributed by atoms with E-state index in [4.69, 9.17) is 0 Å². The molecule has 2 rings (SSSR count). The third kappa shape index (κ3) is 0.460. The predicted octanol–water partition coefficient (Wildman–Crippen LogP) is 2.22. The number of fused-ring (bicyclic) bond motifs is 2. The molecule has 0 unspecified atom stereocenters. The van der Waals surface area contributed by atoms with Gasteiger partial charge in [-0.15, -0.1) is 0 Å². The molecule has 0 aromatic rings. The van der Waals surface area contributed by atoms with Gasteiger partial charge >= 0.3 is 0 Å². The lowest BCUT2D eigenvalue weighted by atomic mass is 9.96. The minimum absolute atomic E-state index is 0.958. The molecule has 1 saturated carbocycles. The summed E-state index contributed by atoms with van der Waals surface area (Å²) in [5.41, 5.74) is 0. The van der Waals surface area contributed by atoms with E-state index in [1.165, 1.54) is 12.8 Å². The highest BCUT2D eigenvalue weighted by atomic mass is 14.4. The Balaban J connectivity index is 2.23. The molecule has 8 heavy (non-hydrogen) atoms. The zero-order valence-corrected chi connectivity index (χ0v) is 5.30. The first-order valence-corrected chi connectivity index (χ1v) is 3.54. The highest BCUT2D eigenvalue weighted by molar-refractivity contribution is 5.08. The Kier molecular flexibility index (Phi) is 0.787. The van der Waals surface area contributed by atoms with E-state index in [-0.39, 0.29) is 0 Å². The normalized spacial score (nSPS) is 50.9. The van der Waals surface area contributed by atoms with Crippen molar-refractivity contribution in [3.8, 4) is 0 Å². The van der Waals surface area contributed by atoms with E-state index in [1.807, 2.05) is 0 Å². The van der Waals surface area contributed by atoms with E-state index in [1.54, 1.807) is 0 Å². The topological polar surface area (TPSA) is 0 Å². The van der Waals surface area contributed by atoms with Gasteiger partial charge in [-0.2, -0.15) is 0 Å². The van der Waals surface area contributed by atoms with E-state index in [0.717, 1.165) is 17.8 Å². The SMILES string of the molecule is C[C@H]1C[C@H]2C=C[C@@H]1C2. The zero-order chi connectivity index (χ0) is 5.56. The van der Waals surface area contributed by atoms with Crippen molar-refractivity contribution < 1.29 is 0 Å². The maximum absolute atomic E-state index is 2.40. The molecule has 0 spiro atoms. The van der Waals surface area contributed by atoms with Crippen LogP contribution in [-0.4, -0.2) is 0 Å². The van der Waals surface area contributed by atoms with E-state index >= 15 is 0 Å². The van der Waals surface area contributed by atoms with Gasteiger partial charge in [-0.25, -0.2) is 0 Å². The molecule has 44 valence electrons. The summed E-state index contributed by atoms with van der Waals surface area (Å²) in [6.07, 6.45) is 7.71. The smallest absolute Gasteiger partial charge is 0.0202 e. The molecule has 0 aliphatic heterocycles. The fraction of sp³-hybridized carbons (Fsp3) is 0.750. The molecule has 1 fully saturated rings. The fourth-order valence-electron chi connectivity index (χ4n) is 2.06. The molecule has 0 N–H and O–H groups in total. The van der Waals surface area contributed by atoms with E-state index in [2.05, 4.69) is 19.1 Å². The van der Waals surface area contributed by atoms with Gasteiger partial charge in [0.1, 0.15) is 0 Å². The van der Waals surface area contributed by atoms with Crippen LogP contribution < -0.4 is 0 Å². The highest BCUT2D eigenvalue weighted by Gasteiger charge is 2.32. The monoisotopic (exact) mass is 108 g/mol. The molecule has 0 aromatic carbocycles. The molecule has 2 bridgehead atoms. The van der Waals surface area contributed by atoms with Crippen LogP contribution >= 0.6 is 0 Å². The van der Waals surface area contributed by atoms with Crippen LogP contribution in [0.3, 0.4) is 0 Å². The van der Waals surface area contributed by atoms with Crippen molar-refractivity contribution in [1.29, 1.82) is 0 Å². The minimum Gasteiger partial charge on any atom is -0.0851 e. The number of hydrogen-bond donors (Lipinski definition) is 0. The predicted molar refractivity (Wildman–Crippen MR) is 34.5 cm³/mol. The first-order valence-electron chi connectivity index (χ1n) is 3.54. The summed E-state index contributed by atoms with van der Waals surface area (Å²) < 4.78 is 0. The molecule has 0 heteroatoms. The maximum Gasteiger partial charge on any atom is -0.0202 e. The summed E-state index contributed by atoms with van der Waals surface area (Å²) in [4.78, 5) is 0. The van der Waals surface area contributed by atoms with Crippen molar-refractivity contribution in [2.24, 2.45) is 17.8 Å². The van der Waals surface area contributed by atoms with Crippen LogP contribution in [0.2, 0.25) is 0 Å². The average Bonchev–Trinajstić information content (AvgIpc) is 2.23. The third-order valence-electron chi connectivity index (χ3n) is 2.61. The van der Waals surface area contributed by atoms with Crippen LogP contribution in [0.4, 0.5) is 0 Å². The molecule has 0 aromatic heterocycles. The van der Waals surface area contributed by atoms with Crippen LogP contribution in [0, 0.1) is 17.8 Å². The number of allylic oxidation sites excluding steroid dienone is 2. The summed E-state index contributed by atoms with van der Waals surface area (Å²) >= 11 is 0. The van der Waals surface area contributed by atoms with Gasteiger partial charge in [0.15, 0.2) is 0 Å². The van der Waals surface area contributed by atoms with Crippen molar-refractivity contribution in [2.45, 2.75) is 19.8 Å². The van der Waals surface area contributed by atoms with Gasteiger partial charge in [-0.05, 0) is 30.6 Å². The Labute approximate surface area is 50.6 Å². The van der Waals surface area contributed by atoms with Gasteiger partial charge in [-0.1, -0.05) is 19.1 Å². The molecule has 3 atom stereocenters. The Hall–Kier alpha value is -0.260. The molecule has 0 radical (unpaired) electrons. The Bertz CT molecular complexity index is 124. The van der Waals surface area contributed by atoms with Crippen molar-refractivity contribution in [2.75, 3.05) is 0 Å². The van der Waals surface area contributed by atoms with Crippen molar-refractivity contribution in [3.63, 3.8) is 0 Å². The molecule has 2 aliphatic carbocycles. The number of hydrogen-bond acceptors (Lipinski definition) is 0. The van der Waals surface area contributed by atoms with Gasteiger partial charge in [-0.3, -0.25) is 0 Å². The van der Waals surface area contributed by atoms with Gasteiger partial charge in [0.2, 0.25) is 0 Å². The Morgan fingerprint density at radius 2 is 2.12 bits per heavy atom. The summed E-state index contributed by atoms with van der Waals surface area (Å²) in [7, 11) is 0. The highest BCUT2D eigenvalue weighted by Crippen LogP contribution is 2.42. The van der Waals surface area contributed by atoms with Crippen LogP contribution in [0.5, 0.6) is 0 Å². The van der Waals surface area contributed by atoms with Gasteiger partial charge in [0.25, 0.3) is 0 Å². The Morgan fingerprint density at radius 3 is 2.38 bits per heavy atom. The van der Waals surface area contributed by atoms with Crippen molar-refractivity contribution >= 4 is 0 Å². The van der Waals surface area contributed by atoms with Crippen LogP contribution in [0.15, 0.2) is 12.2 Å². The first-order chi connectivity index (χ1) is 3.86.